The predicted molar refractivity (Wildman–Crippen MR) is 133 cm³/mol. The first-order valence-electron chi connectivity index (χ1n) is 12.7. The zero-order chi connectivity index (χ0) is 24.8. The fraction of sp³-hybridized carbons (Fsp3) is 0.741. The van der Waals surface area contributed by atoms with Gasteiger partial charge in [0.1, 0.15) is 13.2 Å². The molecule has 0 bridgehead atoms. The molecule has 4 rings (SSSR count). The second-order valence-corrected chi connectivity index (χ2v) is 7.04. The van der Waals surface area contributed by atoms with Gasteiger partial charge in [0.2, 0.25) is 0 Å². The lowest BCUT2D eigenvalue weighted by Crippen LogP contribution is -2.42. The molecule has 1 aromatic rings. The summed E-state index contributed by atoms with van der Waals surface area (Å²) in [6, 6.07) is 4.71. The Hall–Kier alpha value is -1.77. The average Bonchev–Trinajstić information content (AvgIpc) is 3.34. The minimum absolute atomic E-state index is 0.476. The van der Waals surface area contributed by atoms with E-state index in [9.17, 15) is 5.26 Å². The van der Waals surface area contributed by atoms with E-state index in [2.05, 4.69) is 19.1 Å². The number of rotatable bonds is 1. The molecular weight excluding hydrogens is 402 g/mol. The van der Waals surface area contributed by atoms with Gasteiger partial charge in [0, 0.05) is 18.4 Å². The minimum Gasteiger partial charge on any atom is -0.486 e. The van der Waals surface area contributed by atoms with Crippen molar-refractivity contribution in [3.63, 3.8) is 0 Å². The Kier molecular flexibility index (Phi) is 14.3. The Morgan fingerprint density at radius 3 is 1.62 bits per heavy atom. The van der Waals surface area contributed by atoms with E-state index in [1.54, 1.807) is 0 Å². The quantitative estimate of drug-likeness (QED) is 0.451. The molecule has 0 unspecified atom stereocenters. The van der Waals surface area contributed by atoms with Gasteiger partial charge in [-0.25, -0.2) is 0 Å². The van der Waals surface area contributed by atoms with E-state index in [1.807, 2.05) is 62.3 Å². The maximum atomic E-state index is 10.1. The van der Waals surface area contributed by atoms with Crippen LogP contribution in [0, 0.1) is 25.2 Å². The molecular formula is C27H47NO4. The van der Waals surface area contributed by atoms with E-state index in [0.29, 0.717) is 39.3 Å². The van der Waals surface area contributed by atoms with Gasteiger partial charge in [0.05, 0.1) is 24.7 Å². The normalized spacial score (nSPS) is 18.7. The molecule has 0 atom stereocenters. The number of nitrogens with zero attached hydrogens (tertiary/aromatic N) is 1. The summed E-state index contributed by atoms with van der Waals surface area (Å²) in [4.78, 5) is 0. The van der Waals surface area contributed by atoms with Crippen molar-refractivity contribution in [1.29, 1.82) is 5.26 Å². The predicted octanol–water partition coefficient (Wildman–Crippen LogP) is 7.26. The topological polar surface area (TPSA) is 60.7 Å². The van der Waals surface area contributed by atoms with Crippen LogP contribution in [0.1, 0.15) is 97.8 Å². The van der Waals surface area contributed by atoms with E-state index >= 15 is 0 Å². The van der Waals surface area contributed by atoms with Crippen LogP contribution in [0.4, 0.5) is 0 Å². The number of ether oxygens (including phenoxy) is 4. The molecule has 1 aliphatic carbocycles. The average molecular weight is 450 g/mol. The van der Waals surface area contributed by atoms with Crippen molar-refractivity contribution in [2.24, 2.45) is 0 Å². The Morgan fingerprint density at radius 1 is 0.688 bits per heavy atom. The molecule has 1 aromatic carbocycles. The van der Waals surface area contributed by atoms with Crippen molar-refractivity contribution >= 4 is 0 Å². The molecule has 184 valence electrons. The number of hydrogen-bond donors (Lipinski definition) is 0. The Balaban J connectivity index is 0.00000109. The molecule has 0 aromatic heterocycles. The number of benzene rings is 1. The molecule has 2 heterocycles. The molecule has 5 heteroatoms. The van der Waals surface area contributed by atoms with Gasteiger partial charge >= 0.3 is 0 Å². The van der Waals surface area contributed by atoms with Gasteiger partial charge in [-0.2, -0.15) is 5.26 Å². The Bertz CT molecular complexity index is 693. The molecule has 0 radical (unpaired) electrons. The monoisotopic (exact) mass is 449 g/mol. The van der Waals surface area contributed by atoms with E-state index < -0.39 is 11.2 Å². The highest BCUT2D eigenvalue weighted by atomic mass is 16.7. The fourth-order valence-electron chi connectivity index (χ4n) is 4.39. The summed E-state index contributed by atoms with van der Waals surface area (Å²) < 4.78 is 23.5. The molecule has 1 saturated heterocycles. The van der Waals surface area contributed by atoms with Crippen LogP contribution in [0.15, 0.2) is 6.07 Å². The summed E-state index contributed by atoms with van der Waals surface area (Å²) in [5.41, 5.74) is 2.60. The fourth-order valence-corrected chi connectivity index (χ4v) is 4.39. The highest BCUT2D eigenvalue weighted by molar-refractivity contribution is 5.60. The summed E-state index contributed by atoms with van der Waals surface area (Å²) in [7, 11) is 0. The lowest BCUT2D eigenvalue weighted by molar-refractivity contribution is -0.182. The van der Waals surface area contributed by atoms with Crippen LogP contribution < -0.4 is 9.47 Å². The van der Waals surface area contributed by atoms with Crippen molar-refractivity contribution in [3.05, 3.63) is 22.8 Å². The van der Waals surface area contributed by atoms with Crippen molar-refractivity contribution in [3.8, 4) is 17.6 Å². The van der Waals surface area contributed by atoms with Crippen LogP contribution in [0.5, 0.6) is 11.5 Å². The minimum atomic E-state index is -0.566. The first kappa shape index (κ1) is 30.2. The third-order valence-electron chi connectivity index (χ3n) is 5.57. The van der Waals surface area contributed by atoms with Crippen LogP contribution >= 0.6 is 0 Å². The third kappa shape index (κ3) is 6.39. The maximum absolute atomic E-state index is 10.1. The van der Waals surface area contributed by atoms with E-state index in [0.717, 1.165) is 41.0 Å². The van der Waals surface area contributed by atoms with Crippen molar-refractivity contribution in [1.82, 2.24) is 0 Å². The number of fused-ring (bicyclic) bond motifs is 1. The van der Waals surface area contributed by atoms with Gasteiger partial charge in [0.15, 0.2) is 17.3 Å². The molecule has 2 aliphatic heterocycles. The number of hydrogen-bond acceptors (Lipinski definition) is 5. The lowest BCUT2D eigenvalue weighted by atomic mass is 9.67. The Morgan fingerprint density at radius 2 is 1.16 bits per heavy atom. The van der Waals surface area contributed by atoms with E-state index in [4.69, 9.17) is 18.9 Å². The van der Waals surface area contributed by atoms with Crippen molar-refractivity contribution < 1.29 is 18.9 Å². The molecule has 32 heavy (non-hydrogen) atoms. The largest absolute Gasteiger partial charge is 0.486 e. The number of nitriles is 1. The van der Waals surface area contributed by atoms with Gasteiger partial charge in [-0.05, 0) is 37.8 Å². The van der Waals surface area contributed by atoms with Gasteiger partial charge in [0.25, 0.3) is 0 Å². The zero-order valence-corrected chi connectivity index (χ0v) is 22.3. The SMILES string of the molecule is CC.CC.CC.CC.Cc1cc(C)c(C2(C#N)CCC3(CC2)OCCO3)c2c1OCCO2. The van der Waals surface area contributed by atoms with Gasteiger partial charge in [-0.3, -0.25) is 0 Å². The van der Waals surface area contributed by atoms with Gasteiger partial charge in [-0.15, -0.1) is 0 Å². The highest BCUT2D eigenvalue weighted by Crippen LogP contribution is 2.52. The van der Waals surface area contributed by atoms with Crippen molar-refractivity contribution in [2.45, 2.75) is 106 Å². The van der Waals surface area contributed by atoms with Crippen LogP contribution in [-0.4, -0.2) is 32.2 Å². The molecule has 0 N–H and O–H groups in total. The summed E-state index contributed by atoms with van der Waals surface area (Å²) >= 11 is 0. The summed E-state index contributed by atoms with van der Waals surface area (Å²) in [5.74, 6) is 1.09. The van der Waals surface area contributed by atoms with Gasteiger partial charge < -0.3 is 18.9 Å². The second-order valence-electron chi connectivity index (χ2n) is 7.04. The smallest absolute Gasteiger partial charge is 0.168 e. The first-order valence-corrected chi connectivity index (χ1v) is 12.7. The van der Waals surface area contributed by atoms with E-state index in [1.165, 1.54) is 0 Å². The summed E-state index contributed by atoms with van der Waals surface area (Å²) in [6.07, 6.45) is 2.90. The first-order chi connectivity index (χ1) is 15.6. The molecule has 1 spiro atoms. The van der Waals surface area contributed by atoms with Crippen LogP contribution in [0.3, 0.4) is 0 Å². The Labute approximate surface area is 197 Å². The lowest BCUT2D eigenvalue weighted by Gasteiger charge is -2.41. The zero-order valence-electron chi connectivity index (χ0n) is 22.3. The maximum Gasteiger partial charge on any atom is 0.168 e. The molecule has 0 amide bonds. The summed E-state index contributed by atoms with van der Waals surface area (Å²) in [6.45, 7) is 22.5. The molecule has 3 aliphatic rings. The van der Waals surface area contributed by atoms with Crippen molar-refractivity contribution in [2.75, 3.05) is 26.4 Å². The second kappa shape index (κ2) is 15.1. The van der Waals surface area contributed by atoms with E-state index in [-0.39, 0.29) is 0 Å². The standard InChI is InChI=1S/C19H23NO4.4C2H6/c1-13-11-14(2)16-17(22-8-7-21-16)15(13)18(12-20)3-5-19(6-4-18)23-9-10-24-19;4*1-2/h11H,3-10H2,1-2H3;4*1-2H3. The van der Waals surface area contributed by atoms with Crippen LogP contribution in [-0.2, 0) is 14.9 Å². The van der Waals surface area contributed by atoms with Gasteiger partial charge in [-0.1, -0.05) is 61.5 Å². The summed E-state index contributed by atoms with van der Waals surface area (Å²) in [5, 5.41) is 10.1. The molecule has 2 fully saturated rings. The molecule has 5 nitrogen and oxygen atoms in total. The van der Waals surface area contributed by atoms with Crippen LogP contribution in [0.25, 0.3) is 0 Å². The highest BCUT2D eigenvalue weighted by Gasteiger charge is 2.49. The molecule has 1 saturated carbocycles. The third-order valence-corrected chi connectivity index (χ3v) is 5.57. The number of aryl methyl sites for hydroxylation is 2. The van der Waals surface area contributed by atoms with Crippen LogP contribution in [0.2, 0.25) is 0 Å².